The van der Waals surface area contributed by atoms with Crippen molar-refractivity contribution in [1.29, 1.82) is 0 Å². The zero-order chi connectivity index (χ0) is 16.4. The van der Waals surface area contributed by atoms with Crippen molar-refractivity contribution >= 4 is 10.1 Å². The number of hydrogen-bond donors (Lipinski definition) is 0. The molecular weight excluding hydrogens is 296 g/mol. The van der Waals surface area contributed by atoms with Gasteiger partial charge in [0.15, 0.2) is 0 Å². The van der Waals surface area contributed by atoms with E-state index in [4.69, 9.17) is 4.18 Å². The molecule has 4 heteroatoms. The first-order chi connectivity index (χ1) is 10.2. The second-order valence-corrected chi connectivity index (χ2v) is 7.84. The van der Waals surface area contributed by atoms with Crippen LogP contribution in [0.1, 0.15) is 30.5 Å². The van der Waals surface area contributed by atoms with Crippen molar-refractivity contribution in [3.63, 3.8) is 0 Å². The Morgan fingerprint density at radius 2 is 1.55 bits per heavy atom. The van der Waals surface area contributed by atoms with Crippen LogP contribution in [0.5, 0.6) is 0 Å². The molecule has 2 aromatic carbocycles. The summed E-state index contributed by atoms with van der Waals surface area (Å²) in [6.45, 7) is 8.01. The molecule has 0 radical (unpaired) electrons. The molecule has 0 unspecified atom stereocenters. The minimum absolute atomic E-state index is 0.105. The summed E-state index contributed by atoms with van der Waals surface area (Å²) in [5, 5.41) is 0. The maximum absolute atomic E-state index is 12.3. The van der Waals surface area contributed by atoms with Crippen LogP contribution in [0.2, 0.25) is 0 Å². The number of hydrogen-bond acceptors (Lipinski definition) is 3. The van der Waals surface area contributed by atoms with E-state index in [0.717, 1.165) is 16.7 Å². The molecule has 0 amide bonds. The molecule has 0 aromatic heterocycles. The van der Waals surface area contributed by atoms with E-state index in [1.54, 1.807) is 24.3 Å². The minimum Gasteiger partial charge on any atom is -0.265 e. The van der Waals surface area contributed by atoms with Crippen molar-refractivity contribution in [2.24, 2.45) is 0 Å². The molecule has 0 spiro atoms. The maximum Gasteiger partial charge on any atom is 0.297 e. The van der Waals surface area contributed by atoms with Gasteiger partial charge in [-0.05, 0) is 37.1 Å². The molecule has 2 aromatic rings. The summed E-state index contributed by atoms with van der Waals surface area (Å²) in [6, 6.07) is 14.6. The molecule has 0 fully saturated rings. The second-order valence-electron chi connectivity index (χ2n) is 6.23. The van der Waals surface area contributed by atoms with Crippen LogP contribution in [0.25, 0.3) is 0 Å². The summed E-state index contributed by atoms with van der Waals surface area (Å²) in [5.74, 6) is 0. The highest BCUT2D eigenvalue weighted by Crippen LogP contribution is 2.28. The molecule has 0 saturated heterocycles. The van der Waals surface area contributed by atoms with Gasteiger partial charge in [-0.15, -0.1) is 0 Å². The van der Waals surface area contributed by atoms with E-state index in [2.05, 4.69) is 0 Å². The highest BCUT2D eigenvalue weighted by molar-refractivity contribution is 7.86. The Balaban J connectivity index is 2.18. The molecule has 22 heavy (non-hydrogen) atoms. The van der Waals surface area contributed by atoms with Crippen LogP contribution in [0.15, 0.2) is 53.4 Å². The first-order valence-corrected chi connectivity index (χ1v) is 8.65. The zero-order valence-electron chi connectivity index (χ0n) is 13.5. The first kappa shape index (κ1) is 16.7. The van der Waals surface area contributed by atoms with Crippen LogP contribution in [-0.2, 0) is 19.7 Å². The Morgan fingerprint density at radius 1 is 0.955 bits per heavy atom. The van der Waals surface area contributed by atoms with Gasteiger partial charge in [-0.1, -0.05) is 55.8 Å². The van der Waals surface area contributed by atoms with Gasteiger partial charge in [0, 0.05) is 5.41 Å². The van der Waals surface area contributed by atoms with Crippen molar-refractivity contribution in [1.82, 2.24) is 0 Å². The highest BCUT2D eigenvalue weighted by atomic mass is 32.2. The average Bonchev–Trinajstić information content (AvgIpc) is 2.46. The molecular formula is C18H22O3S. The Hall–Kier alpha value is -1.65. The lowest BCUT2D eigenvalue weighted by atomic mass is 9.83. The van der Waals surface area contributed by atoms with Crippen LogP contribution in [0.3, 0.4) is 0 Å². The first-order valence-electron chi connectivity index (χ1n) is 7.25. The summed E-state index contributed by atoms with van der Waals surface area (Å²) in [5.41, 5.74) is 2.85. The molecule has 0 N–H and O–H groups in total. The zero-order valence-corrected chi connectivity index (χ0v) is 14.3. The summed E-state index contributed by atoms with van der Waals surface area (Å²) in [6.07, 6.45) is 0. The Bertz CT molecular complexity index is 744. The van der Waals surface area contributed by atoms with Crippen molar-refractivity contribution in [3.05, 3.63) is 65.2 Å². The predicted octanol–water partition coefficient (Wildman–Crippen LogP) is 3.99. The SMILES string of the molecule is Cc1ccc(S(=O)(=O)OCC(C)(C)c2ccccc2C)cc1. The molecule has 0 aliphatic carbocycles. The number of rotatable bonds is 5. The molecule has 0 saturated carbocycles. The molecule has 0 heterocycles. The number of benzene rings is 2. The van der Waals surface area contributed by atoms with Crippen LogP contribution < -0.4 is 0 Å². The fourth-order valence-corrected chi connectivity index (χ4v) is 3.46. The van der Waals surface area contributed by atoms with Crippen LogP contribution in [-0.4, -0.2) is 15.0 Å². The van der Waals surface area contributed by atoms with Gasteiger partial charge in [-0.3, -0.25) is 4.18 Å². The molecule has 3 nitrogen and oxygen atoms in total. The summed E-state index contributed by atoms with van der Waals surface area (Å²) < 4.78 is 29.9. The van der Waals surface area contributed by atoms with E-state index >= 15 is 0 Å². The Kier molecular flexibility index (Phi) is 4.73. The normalized spacial score (nSPS) is 12.4. The van der Waals surface area contributed by atoms with Crippen molar-refractivity contribution < 1.29 is 12.6 Å². The van der Waals surface area contributed by atoms with Crippen molar-refractivity contribution in [2.75, 3.05) is 6.61 Å². The summed E-state index contributed by atoms with van der Waals surface area (Å²) in [7, 11) is -3.73. The smallest absolute Gasteiger partial charge is 0.265 e. The quantitative estimate of drug-likeness (QED) is 0.783. The van der Waals surface area contributed by atoms with Gasteiger partial charge in [0.25, 0.3) is 10.1 Å². The van der Waals surface area contributed by atoms with Gasteiger partial charge in [0.2, 0.25) is 0 Å². The lowest BCUT2D eigenvalue weighted by Crippen LogP contribution is -2.27. The van der Waals surface area contributed by atoms with Crippen molar-refractivity contribution in [3.8, 4) is 0 Å². The van der Waals surface area contributed by atoms with E-state index in [0.29, 0.717) is 0 Å². The van der Waals surface area contributed by atoms with Gasteiger partial charge in [0.1, 0.15) is 0 Å². The van der Waals surface area contributed by atoms with E-state index < -0.39 is 10.1 Å². The van der Waals surface area contributed by atoms with Gasteiger partial charge in [-0.25, -0.2) is 0 Å². The largest absolute Gasteiger partial charge is 0.297 e. The highest BCUT2D eigenvalue weighted by Gasteiger charge is 2.26. The van der Waals surface area contributed by atoms with E-state index in [9.17, 15) is 8.42 Å². The summed E-state index contributed by atoms with van der Waals surface area (Å²) >= 11 is 0. The predicted molar refractivity (Wildman–Crippen MR) is 88.5 cm³/mol. The molecule has 118 valence electrons. The van der Waals surface area contributed by atoms with Gasteiger partial charge >= 0.3 is 0 Å². The third-order valence-corrected chi connectivity index (χ3v) is 5.04. The molecule has 0 atom stereocenters. The molecule has 2 rings (SSSR count). The van der Waals surface area contributed by atoms with Gasteiger partial charge < -0.3 is 0 Å². The van der Waals surface area contributed by atoms with E-state index in [-0.39, 0.29) is 16.9 Å². The number of aryl methyl sites for hydroxylation is 2. The van der Waals surface area contributed by atoms with Crippen molar-refractivity contribution in [2.45, 2.75) is 38.0 Å². The van der Waals surface area contributed by atoms with Crippen LogP contribution in [0, 0.1) is 13.8 Å². The fourth-order valence-electron chi connectivity index (χ4n) is 2.41. The fraction of sp³-hybridized carbons (Fsp3) is 0.333. The van der Waals surface area contributed by atoms with Gasteiger partial charge in [-0.2, -0.15) is 8.42 Å². The maximum atomic E-state index is 12.3. The second kappa shape index (κ2) is 6.23. The standard InChI is InChI=1S/C18H22O3S/c1-14-9-11-16(12-10-14)22(19,20)21-13-18(3,4)17-8-6-5-7-15(17)2/h5-12H,13H2,1-4H3. The minimum atomic E-state index is -3.73. The molecule has 0 aliphatic heterocycles. The lowest BCUT2D eigenvalue weighted by molar-refractivity contribution is 0.245. The Labute approximate surface area is 133 Å². The Morgan fingerprint density at radius 3 is 2.14 bits per heavy atom. The van der Waals surface area contributed by atoms with Gasteiger partial charge in [0.05, 0.1) is 11.5 Å². The molecule has 0 aliphatic rings. The average molecular weight is 318 g/mol. The third-order valence-electron chi connectivity index (χ3n) is 3.76. The lowest BCUT2D eigenvalue weighted by Gasteiger charge is -2.26. The molecule has 0 bridgehead atoms. The topological polar surface area (TPSA) is 43.4 Å². The van der Waals surface area contributed by atoms with E-state index in [1.807, 2.05) is 52.0 Å². The summed E-state index contributed by atoms with van der Waals surface area (Å²) in [4.78, 5) is 0.193. The van der Waals surface area contributed by atoms with Crippen LogP contribution >= 0.6 is 0 Å². The monoisotopic (exact) mass is 318 g/mol. The van der Waals surface area contributed by atoms with Crippen LogP contribution in [0.4, 0.5) is 0 Å². The third kappa shape index (κ3) is 3.76. The van der Waals surface area contributed by atoms with E-state index in [1.165, 1.54) is 0 Å².